The lowest BCUT2D eigenvalue weighted by Crippen LogP contribution is -1.91. The van der Waals surface area contributed by atoms with E-state index in [9.17, 15) is 0 Å². The van der Waals surface area contributed by atoms with E-state index in [2.05, 4.69) is 14.2 Å². The number of rotatable bonds is 0. The number of aromatic nitrogens is 1. The monoisotopic (exact) mass is 109 g/mol. The first kappa shape index (κ1) is 4.73. The van der Waals surface area contributed by atoms with Gasteiger partial charge in [-0.1, -0.05) is 6.07 Å². The molecule has 0 unspecified atom stereocenters. The highest BCUT2D eigenvalue weighted by atomic mass is 31.0. The third-order valence-corrected chi connectivity index (χ3v) is 0.914. The van der Waals surface area contributed by atoms with E-state index in [0.29, 0.717) is 0 Å². The second-order valence-corrected chi connectivity index (χ2v) is 1.65. The minimum absolute atomic E-state index is 0.766. The van der Waals surface area contributed by atoms with E-state index in [-0.39, 0.29) is 0 Å². The number of pyridine rings is 1. The normalized spacial score (nSPS) is 8.71. The molecule has 0 N–H and O–H groups in total. The highest BCUT2D eigenvalue weighted by molar-refractivity contribution is 7.26. The Bertz CT molecular complexity index is 138. The van der Waals surface area contributed by atoms with Crippen molar-refractivity contribution >= 4 is 14.7 Å². The molecule has 0 fully saturated rings. The van der Waals surface area contributed by atoms with Crippen LogP contribution < -0.4 is 5.44 Å². The lowest BCUT2D eigenvalue weighted by atomic mass is 10.5. The maximum atomic E-state index is 3.97. The lowest BCUT2D eigenvalue weighted by Gasteiger charge is -1.80. The van der Waals surface area contributed by atoms with Crippen LogP contribution in [0.25, 0.3) is 0 Å². The molecule has 0 aliphatic carbocycles. The smallest absolute Gasteiger partial charge is 0.0732 e. The predicted molar refractivity (Wildman–Crippen MR) is 30.8 cm³/mol. The quantitative estimate of drug-likeness (QED) is 0.455. The molecule has 1 heterocycles. The van der Waals surface area contributed by atoms with E-state index < -0.39 is 0 Å². The largest absolute Gasteiger partial charge is 0.256 e. The summed E-state index contributed by atoms with van der Waals surface area (Å²) in [6, 6.07) is 5.60. The summed E-state index contributed by atoms with van der Waals surface area (Å²) < 4.78 is 0. The summed E-state index contributed by atoms with van der Waals surface area (Å²) in [7, 11) is 3.97. The van der Waals surface area contributed by atoms with Gasteiger partial charge in [0.1, 0.15) is 0 Å². The van der Waals surface area contributed by atoms with E-state index in [1.165, 1.54) is 0 Å². The van der Waals surface area contributed by atoms with Gasteiger partial charge in [-0.05, 0) is 12.1 Å². The van der Waals surface area contributed by atoms with E-state index >= 15 is 0 Å². The van der Waals surface area contributed by atoms with Crippen LogP contribution in [0.2, 0.25) is 0 Å². The molecule has 0 aliphatic rings. The van der Waals surface area contributed by atoms with Crippen LogP contribution in [-0.4, -0.2) is 4.98 Å². The molecule has 0 aliphatic heterocycles. The fourth-order valence-corrected chi connectivity index (χ4v) is 0.506. The van der Waals surface area contributed by atoms with Gasteiger partial charge in [-0.2, -0.15) is 0 Å². The Morgan fingerprint density at radius 1 is 1.43 bits per heavy atom. The molecule has 2 heteroatoms. The predicted octanol–water partition coefficient (Wildman–Crippen LogP) is 1.12. The lowest BCUT2D eigenvalue weighted by molar-refractivity contribution is 1.40. The van der Waals surface area contributed by atoms with Gasteiger partial charge in [0, 0.05) is 15.4 Å². The molecule has 0 atom stereocenters. The third-order valence-electron chi connectivity index (χ3n) is 0.649. The van der Waals surface area contributed by atoms with Crippen molar-refractivity contribution in [3.05, 3.63) is 24.4 Å². The summed E-state index contributed by atoms with van der Waals surface area (Å²) in [5.74, 6) is 0. The average molecular weight is 109 g/mol. The van der Waals surface area contributed by atoms with Crippen LogP contribution in [0.5, 0.6) is 0 Å². The highest BCUT2D eigenvalue weighted by Crippen LogP contribution is 1.80. The van der Waals surface area contributed by atoms with Gasteiger partial charge in [0.25, 0.3) is 0 Å². The Morgan fingerprint density at radius 3 is 2.57 bits per heavy atom. The summed E-state index contributed by atoms with van der Waals surface area (Å²) in [5.41, 5.74) is 0.766. The molecule has 0 saturated heterocycles. The van der Waals surface area contributed by atoms with Gasteiger partial charge in [0.05, 0.1) is 5.44 Å². The molecule has 0 aromatic carbocycles. The molecule has 1 nitrogen and oxygen atoms in total. The van der Waals surface area contributed by atoms with E-state index in [4.69, 9.17) is 0 Å². The Labute approximate surface area is 45.0 Å². The summed E-state index contributed by atoms with van der Waals surface area (Å²) in [6.45, 7) is 0. The summed E-state index contributed by atoms with van der Waals surface area (Å²) in [4.78, 5) is 3.84. The molecule has 0 spiro atoms. The fourth-order valence-electron chi connectivity index (χ4n) is 0.354. The van der Waals surface area contributed by atoms with Crippen molar-refractivity contribution in [2.24, 2.45) is 0 Å². The van der Waals surface area contributed by atoms with Crippen LogP contribution in [0.4, 0.5) is 0 Å². The minimum atomic E-state index is 0.766. The Kier molecular flexibility index (Phi) is 1.38. The zero-order valence-corrected chi connectivity index (χ0v) is 4.60. The first-order valence-electron chi connectivity index (χ1n) is 1.99. The van der Waals surface area contributed by atoms with Crippen molar-refractivity contribution in [1.82, 2.24) is 4.98 Å². The van der Waals surface area contributed by atoms with E-state index in [1.54, 1.807) is 6.20 Å². The second kappa shape index (κ2) is 2.04. The molecule has 0 bridgehead atoms. The third kappa shape index (κ3) is 1.24. The SMILES string of the molecule is [P]c1ccccn1. The molecule has 1 rings (SSSR count). The van der Waals surface area contributed by atoms with Crippen LogP contribution in [0, 0.1) is 0 Å². The Balaban J connectivity index is 3.02. The fraction of sp³-hybridized carbons (Fsp3) is 0. The van der Waals surface area contributed by atoms with Crippen molar-refractivity contribution in [3.8, 4) is 0 Å². The van der Waals surface area contributed by atoms with Crippen molar-refractivity contribution in [3.63, 3.8) is 0 Å². The maximum Gasteiger partial charge on any atom is 0.0732 e. The van der Waals surface area contributed by atoms with Gasteiger partial charge >= 0.3 is 0 Å². The topological polar surface area (TPSA) is 12.9 Å². The molecule has 7 heavy (non-hydrogen) atoms. The molecular weight excluding hydrogens is 105 g/mol. The maximum absolute atomic E-state index is 3.97. The molecule has 0 amide bonds. The summed E-state index contributed by atoms with van der Waals surface area (Å²) in [5, 5.41) is 0. The van der Waals surface area contributed by atoms with Crippen molar-refractivity contribution < 1.29 is 0 Å². The van der Waals surface area contributed by atoms with E-state index in [0.717, 1.165) is 5.44 Å². The van der Waals surface area contributed by atoms with Crippen LogP contribution in [0.15, 0.2) is 24.4 Å². The Hall–Kier alpha value is -0.420. The van der Waals surface area contributed by atoms with Gasteiger partial charge in [-0.15, -0.1) is 0 Å². The van der Waals surface area contributed by atoms with Crippen molar-refractivity contribution in [2.45, 2.75) is 0 Å². The first-order valence-corrected chi connectivity index (χ1v) is 2.44. The molecule has 1 aromatic rings. The van der Waals surface area contributed by atoms with Crippen LogP contribution >= 0.6 is 9.24 Å². The number of hydrogen-bond donors (Lipinski definition) is 0. The van der Waals surface area contributed by atoms with Crippen LogP contribution in [0.1, 0.15) is 0 Å². The van der Waals surface area contributed by atoms with Gasteiger partial charge in [-0.3, -0.25) is 4.98 Å². The van der Waals surface area contributed by atoms with E-state index in [1.807, 2.05) is 18.2 Å². The van der Waals surface area contributed by atoms with Crippen LogP contribution in [-0.2, 0) is 0 Å². The van der Waals surface area contributed by atoms with Gasteiger partial charge in [0.2, 0.25) is 0 Å². The van der Waals surface area contributed by atoms with Gasteiger partial charge in [-0.25, -0.2) is 0 Å². The summed E-state index contributed by atoms with van der Waals surface area (Å²) >= 11 is 0. The van der Waals surface area contributed by atoms with Crippen LogP contribution in [0.3, 0.4) is 0 Å². The summed E-state index contributed by atoms with van der Waals surface area (Å²) in [6.07, 6.45) is 1.71. The number of hydrogen-bond acceptors (Lipinski definition) is 1. The molecular formula is C5H4NP. The molecule has 2 radical (unpaired) electrons. The van der Waals surface area contributed by atoms with Crippen molar-refractivity contribution in [2.75, 3.05) is 0 Å². The van der Waals surface area contributed by atoms with Gasteiger partial charge in [0.15, 0.2) is 0 Å². The Morgan fingerprint density at radius 2 is 2.29 bits per heavy atom. The molecule has 34 valence electrons. The minimum Gasteiger partial charge on any atom is -0.256 e. The molecule has 0 saturated carbocycles. The zero-order chi connectivity index (χ0) is 5.11. The average Bonchev–Trinajstić information content (AvgIpc) is 1.69. The second-order valence-electron chi connectivity index (χ2n) is 1.19. The zero-order valence-electron chi connectivity index (χ0n) is 3.70. The first-order chi connectivity index (χ1) is 3.39. The molecule has 1 aromatic heterocycles. The van der Waals surface area contributed by atoms with Crippen molar-refractivity contribution in [1.29, 1.82) is 0 Å². The van der Waals surface area contributed by atoms with Gasteiger partial charge < -0.3 is 0 Å². The number of nitrogens with zero attached hydrogens (tertiary/aromatic N) is 1. The highest BCUT2D eigenvalue weighted by Gasteiger charge is 1.75. The standard InChI is InChI=1S/C5H4NP/c7-5-3-1-2-4-6-5/h1-4H.